The number of imidazole rings is 1. The fourth-order valence-corrected chi connectivity index (χ4v) is 3.68. The van der Waals surface area contributed by atoms with Crippen molar-refractivity contribution in [1.29, 1.82) is 0 Å². The molecule has 1 aliphatic heterocycles. The number of amides is 1. The number of aryl methyl sites for hydroxylation is 1. The summed E-state index contributed by atoms with van der Waals surface area (Å²) in [5.74, 6) is 1.85. The van der Waals surface area contributed by atoms with E-state index in [4.69, 9.17) is 4.52 Å². The first kappa shape index (κ1) is 16.6. The maximum absolute atomic E-state index is 13.1. The van der Waals surface area contributed by atoms with E-state index in [-0.39, 0.29) is 11.8 Å². The third kappa shape index (κ3) is 3.03. The Bertz CT molecular complexity index is 884. The van der Waals surface area contributed by atoms with Crippen LogP contribution in [0.3, 0.4) is 0 Å². The van der Waals surface area contributed by atoms with Crippen molar-refractivity contribution in [1.82, 2.24) is 19.6 Å². The van der Waals surface area contributed by atoms with Gasteiger partial charge in [0.15, 0.2) is 5.76 Å². The highest BCUT2D eigenvalue weighted by Gasteiger charge is 2.30. The molecular formula is C20H22N4O2. The van der Waals surface area contributed by atoms with E-state index >= 15 is 0 Å². The predicted molar refractivity (Wildman–Crippen MR) is 97.7 cm³/mol. The number of piperidine rings is 1. The fourth-order valence-electron chi connectivity index (χ4n) is 3.68. The maximum Gasteiger partial charge on any atom is 0.259 e. The molecule has 3 aromatic rings. The third-order valence-corrected chi connectivity index (χ3v) is 5.00. The highest BCUT2D eigenvalue weighted by molar-refractivity contribution is 5.99. The molecule has 0 unspecified atom stereocenters. The average molecular weight is 350 g/mol. The van der Waals surface area contributed by atoms with Crippen molar-refractivity contribution in [3.8, 4) is 11.3 Å². The van der Waals surface area contributed by atoms with Gasteiger partial charge in [0.2, 0.25) is 0 Å². The maximum atomic E-state index is 13.1. The van der Waals surface area contributed by atoms with Crippen LogP contribution in [0, 0.1) is 0 Å². The van der Waals surface area contributed by atoms with Crippen LogP contribution < -0.4 is 0 Å². The second-order valence-corrected chi connectivity index (χ2v) is 6.60. The van der Waals surface area contributed by atoms with E-state index < -0.39 is 0 Å². The Morgan fingerprint density at radius 2 is 2.15 bits per heavy atom. The van der Waals surface area contributed by atoms with Crippen molar-refractivity contribution in [2.24, 2.45) is 0 Å². The number of aromatic nitrogens is 3. The van der Waals surface area contributed by atoms with Crippen molar-refractivity contribution in [2.75, 3.05) is 13.1 Å². The zero-order valence-electron chi connectivity index (χ0n) is 14.8. The zero-order valence-corrected chi connectivity index (χ0v) is 14.8. The van der Waals surface area contributed by atoms with E-state index in [0.717, 1.165) is 37.3 Å². The van der Waals surface area contributed by atoms with Gasteiger partial charge in [0, 0.05) is 43.5 Å². The van der Waals surface area contributed by atoms with E-state index in [1.54, 1.807) is 0 Å². The number of carbonyl (C=O) groups is 1. The monoisotopic (exact) mass is 350 g/mol. The number of rotatable bonds is 4. The minimum atomic E-state index is -0.0237. The molecule has 4 rings (SSSR count). The Kier molecular flexibility index (Phi) is 4.56. The van der Waals surface area contributed by atoms with Crippen LogP contribution in [0.1, 0.15) is 41.9 Å². The van der Waals surface area contributed by atoms with E-state index in [0.29, 0.717) is 17.9 Å². The van der Waals surface area contributed by atoms with Crippen molar-refractivity contribution in [3.63, 3.8) is 0 Å². The average Bonchev–Trinajstić information content (AvgIpc) is 3.37. The number of benzene rings is 1. The fraction of sp³-hybridized carbons (Fsp3) is 0.350. The van der Waals surface area contributed by atoms with E-state index in [1.165, 1.54) is 6.20 Å². The summed E-state index contributed by atoms with van der Waals surface area (Å²) in [4.78, 5) is 19.6. The Morgan fingerprint density at radius 1 is 1.31 bits per heavy atom. The van der Waals surface area contributed by atoms with E-state index in [9.17, 15) is 4.79 Å². The first-order valence-electron chi connectivity index (χ1n) is 9.08. The molecule has 1 saturated heterocycles. The van der Waals surface area contributed by atoms with Gasteiger partial charge in [-0.15, -0.1) is 0 Å². The van der Waals surface area contributed by atoms with Gasteiger partial charge < -0.3 is 14.0 Å². The summed E-state index contributed by atoms with van der Waals surface area (Å²) in [5, 5.41) is 3.87. The van der Waals surface area contributed by atoms with Gasteiger partial charge in [0.25, 0.3) is 5.91 Å². The Balaban J connectivity index is 1.57. The van der Waals surface area contributed by atoms with Gasteiger partial charge in [-0.1, -0.05) is 35.5 Å². The highest BCUT2D eigenvalue weighted by Crippen LogP contribution is 2.29. The molecule has 134 valence electrons. The summed E-state index contributed by atoms with van der Waals surface area (Å²) in [6.45, 7) is 4.43. The van der Waals surface area contributed by atoms with E-state index in [2.05, 4.69) is 21.6 Å². The molecule has 1 aliphatic rings. The Morgan fingerprint density at radius 3 is 2.96 bits per heavy atom. The lowest BCUT2D eigenvalue weighted by molar-refractivity contribution is 0.0703. The van der Waals surface area contributed by atoms with Gasteiger partial charge >= 0.3 is 0 Å². The zero-order chi connectivity index (χ0) is 17.9. The van der Waals surface area contributed by atoms with Crippen LogP contribution in [-0.4, -0.2) is 38.6 Å². The van der Waals surface area contributed by atoms with Gasteiger partial charge in [-0.25, -0.2) is 4.98 Å². The van der Waals surface area contributed by atoms with Crippen molar-refractivity contribution >= 4 is 5.91 Å². The largest absolute Gasteiger partial charge is 0.355 e. The lowest BCUT2D eigenvalue weighted by atomic mass is 9.96. The van der Waals surface area contributed by atoms with E-state index in [1.807, 2.05) is 47.6 Å². The Labute approximate surface area is 152 Å². The first-order chi connectivity index (χ1) is 12.8. The smallest absolute Gasteiger partial charge is 0.259 e. The minimum Gasteiger partial charge on any atom is -0.355 e. The summed E-state index contributed by atoms with van der Waals surface area (Å²) in [7, 11) is 0. The van der Waals surface area contributed by atoms with Crippen LogP contribution in [0.25, 0.3) is 11.3 Å². The number of nitrogens with zero attached hydrogens (tertiary/aromatic N) is 4. The van der Waals surface area contributed by atoms with Crippen LogP contribution in [0.4, 0.5) is 0 Å². The molecule has 0 aliphatic carbocycles. The molecule has 1 amide bonds. The highest BCUT2D eigenvalue weighted by atomic mass is 16.5. The van der Waals surface area contributed by atoms with Gasteiger partial charge in [-0.05, 0) is 19.8 Å². The molecule has 0 radical (unpaired) electrons. The summed E-state index contributed by atoms with van der Waals surface area (Å²) < 4.78 is 7.54. The standard InChI is InChI=1S/C20H22N4O2/c1-2-23-12-10-21-19(23)16-9-6-11-24(14-16)20(25)17-13-22-26-18(17)15-7-4-3-5-8-15/h3-5,7-8,10,12-13,16H,2,6,9,11,14H2,1H3/t16-/m1/s1. The minimum absolute atomic E-state index is 0.0237. The molecule has 1 atom stereocenters. The molecule has 0 spiro atoms. The molecule has 26 heavy (non-hydrogen) atoms. The molecule has 6 heteroatoms. The summed E-state index contributed by atoms with van der Waals surface area (Å²) in [6, 6.07) is 9.64. The predicted octanol–water partition coefficient (Wildman–Crippen LogP) is 3.58. The molecule has 2 aromatic heterocycles. The topological polar surface area (TPSA) is 64.2 Å². The normalized spacial score (nSPS) is 17.4. The van der Waals surface area contributed by atoms with Gasteiger partial charge in [0.05, 0.1) is 6.20 Å². The number of hydrogen-bond donors (Lipinski definition) is 0. The number of carbonyl (C=O) groups excluding carboxylic acids is 1. The second-order valence-electron chi connectivity index (χ2n) is 6.60. The third-order valence-electron chi connectivity index (χ3n) is 5.00. The van der Waals surface area contributed by atoms with Crippen LogP contribution in [0.15, 0.2) is 53.4 Å². The SMILES string of the molecule is CCn1ccnc1[C@@H]1CCCN(C(=O)c2cnoc2-c2ccccc2)C1. The Hall–Kier alpha value is -2.89. The summed E-state index contributed by atoms with van der Waals surface area (Å²) in [5.41, 5.74) is 1.39. The number of hydrogen-bond acceptors (Lipinski definition) is 4. The molecular weight excluding hydrogens is 328 g/mol. The van der Waals surface area contributed by atoms with Gasteiger partial charge in [-0.3, -0.25) is 4.79 Å². The second kappa shape index (κ2) is 7.15. The molecule has 0 saturated carbocycles. The number of likely N-dealkylation sites (tertiary alicyclic amines) is 1. The summed E-state index contributed by atoms with van der Waals surface area (Å²) in [6.07, 6.45) is 7.40. The lowest BCUT2D eigenvalue weighted by Gasteiger charge is -2.32. The molecule has 1 aromatic carbocycles. The van der Waals surface area contributed by atoms with Crippen molar-refractivity contribution in [3.05, 3.63) is 60.3 Å². The van der Waals surface area contributed by atoms with Crippen molar-refractivity contribution < 1.29 is 9.32 Å². The van der Waals surface area contributed by atoms with Gasteiger partial charge in [0.1, 0.15) is 11.4 Å². The van der Waals surface area contributed by atoms with Gasteiger partial charge in [-0.2, -0.15) is 0 Å². The van der Waals surface area contributed by atoms with Crippen LogP contribution in [0.5, 0.6) is 0 Å². The van der Waals surface area contributed by atoms with Crippen LogP contribution >= 0.6 is 0 Å². The first-order valence-corrected chi connectivity index (χ1v) is 9.08. The molecule has 0 bridgehead atoms. The van der Waals surface area contributed by atoms with Crippen LogP contribution in [-0.2, 0) is 6.54 Å². The molecule has 3 heterocycles. The summed E-state index contributed by atoms with van der Waals surface area (Å²) >= 11 is 0. The molecule has 6 nitrogen and oxygen atoms in total. The lowest BCUT2D eigenvalue weighted by Crippen LogP contribution is -2.39. The quantitative estimate of drug-likeness (QED) is 0.721. The van der Waals surface area contributed by atoms with Crippen LogP contribution in [0.2, 0.25) is 0 Å². The molecule has 0 N–H and O–H groups in total. The molecule has 1 fully saturated rings. The van der Waals surface area contributed by atoms with Crippen molar-refractivity contribution in [2.45, 2.75) is 32.2 Å².